The molecule has 1 N–H and O–H groups in total. The Morgan fingerprint density at radius 1 is 1.24 bits per heavy atom. The van der Waals surface area contributed by atoms with Crippen molar-refractivity contribution in [2.45, 2.75) is 44.4 Å². The summed E-state index contributed by atoms with van der Waals surface area (Å²) in [6.45, 7) is 4.88. The number of hydrogen-bond donors (Lipinski definition) is 1. The first kappa shape index (κ1) is 10.1. The van der Waals surface area contributed by atoms with Gasteiger partial charge in [0.05, 0.1) is 0 Å². The molecule has 0 aromatic heterocycles. The maximum Gasteiger partial charge on any atom is 0.00323 e. The lowest BCUT2D eigenvalue weighted by molar-refractivity contribution is 0.277. The molecule has 1 aliphatic heterocycles. The van der Waals surface area contributed by atoms with Gasteiger partial charge in [0, 0.05) is 19.0 Å². The Labute approximate surface area is 104 Å². The Hall–Kier alpha value is -0.820. The molecule has 1 heteroatoms. The predicted molar refractivity (Wildman–Crippen MR) is 70.5 cm³/mol. The molecule has 0 spiro atoms. The molecule has 4 rings (SSSR count). The molecule has 1 aromatic carbocycles. The zero-order valence-corrected chi connectivity index (χ0v) is 10.6. The summed E-state index contributed by atoms with van der Waals surface area (Å²) < 4.78 is 0. The van der Waals surface area contributed by atoms with Crippen molar-refractivity contribution in [3.63, 3.8) is 0 Å². The quantitative estimate of drug-likeness (QED) is 0.777. The Kier molecular flexibility index (Phi) is 2.00. The Balaban J connectivity index is 1.84. The highest BCUT2D eigenvalue weighted by atomic mass is 14.9. The minimum absolute atomic E-state index is 0.523. The van der Waals surface area contributed by atoms with E-state index in [1.807, 2.05) is 0 Å². The monoisotopic (exact) mass is 227 g/mol. The van der Waals surface area contributed by atoms with Crippen molar-refractivity contribution < 1.29 is 0 Å². The minimum Gasteiger partial charge on any atom is -0.316 e. The van der Waals surface area contributed by atoms with Gasteiger partial charge in [-0.25, -0.2) is 0 Å². The highest BCUT2D eigenvalue weighted by Crippen LogP contribution is 2.51. The second kappa shape index (κ2) is 3.35. The summed E-state index contributed by atoms with van der Waals surface area (Å²) in [4.78, 5) is 0. The lowest BCUT2D eigenvalue weighted by Gasteiger charge is -2.38. The third-order valence-electron chi connectivity index (χ3n) is 5.31. The highest BCUT2D eigenvalue weighted by molar-refractivity contribution is 5.44. The van der Waals surface area contributed by atoms with Gasteiger partial charge in [0.1, 0.15) is 0 Å². The van der Waals surface area contributed by atoms with Crippen molar-refractivity contribution in [3.05, 3.63) is 34.9 Å². The van der Waals surface area contributed by atoms with E-state index in [1.54, 1.807) is 16.7 Å². The van der Waals surface area contributed by atoms with Gasteiger partial charge in [0.2, 0.25) is 0 Å². The van der Waals surface area contributed by atoms with Crippen LogP contribution in [-0.2, 0) is 6.42 Å². The summed E-state index contributed by atoms with van der Waals surface area (Å²) in [7, 11) is 0. The third kappa shape index (κ3) is 1.41. The Morgan fingerprint density at radius 3 is 2.88 bits per heavy atom. The van der Waals surface area contributed by atoms with Crippen LogP contribution in [0.1, 0.15) is 54.7 Å². The van der Waals surface area contributed by atoms with E-state index in [2.05, 4.69) is 30.4 Å². The van der Waals surface area contributed by atoms with Crippen LogP contribution in [0.15, 0.2) is 18.2 Å². The number of nitrogens with one attached hydrogen (secondary N) is 1. The van der Waals surface area contributed by atoms with Crippen LogP contribution >= 0.6 is 0 Å². The fraction of sp³-hybridized carbons (Fsp3) is 0.625. The summed E-state index contributed by atoms with van der Waals surface area (Å²) >= 11 is 0. The molecule has 2 aliphatic carbocycles. The van der Waals surface area contributed by atoms with E-state index in [1.165, 1.54) is 38.8 Å². The predicted octanol–water partition coefficient (Wildman–Crippen LogP) is 3.20. The number of benzene rings is 1. The van der Waals surface area contributed by atoms with Gasteiger partial charge in [-0.15, -0.1) is 0 Å². The lowest BCUT2D eigenvalue weighted by atomic mass is 9.66. The molecule has 1 aromatic rings. The van der Waals surface area contributed by atoms with Crippen molar-refractivity contribution in [1.29, 1.82) is 0 Å². The van der Waals surface area contributed by atoms with Gasteiger partial charge in [-0.2, -0.15) is 0 Å². The van der Waals surface area contributed by atoms with Gasteiger partial charge in [0.25, 0.3) is 0 Å². The molecule has 0 unspecified atom stereocenters. The standard InChI is InChI=1S/C16H21N/c1-16-8-7-13-12(11-5-6-11)3-2-4-14(13)15(16)9-17-10-16/h2-4,11,15,17H,5-10H2,1H3/t15-,16-/m0/s1. The normalized spacial score (nSPS) is 35.5. The largest absolute Gasteiger partial charge is 0.316 e. The van der Waals surface area contributed by atoms with Crippen LogP contribution in [0.4, 0.5) is 0 Å². The van der Waals surface area contributed by atoms with E-state index < -0.39 is 0 Å². The summed E-state index contributed by atoms with van der Waals surface area (Å²) in [6, 6.07) is 7.09. The molecule has 0 amide bonds. The number of hydrogen-bond acceptors (Lipinski definition) is 1. The van der Waals surface area contributed by atoms with Crippen molar-refractivity contribution in [2.24, 2.45) is 5.41 Å². The molecule has 0 radical (unpaired) electrons. The van der Waals surface area contributed by atoms with Crippen LogP contribution in [0.5, 0.6) is 0 Å². The van der Waals surface area contributed by atoms with E-state index in [-0.39, 0.29) is 0 Å². The van der Waals surface area contributed by atoms with Crippen LogP contribution < -0.4 is 5.32 Å². The first-order valence-electron chi connectivity index (χ1n) is 7.10. The molecule has 1 saturated carbocycles. The molecule has 1 nitrogen and oxygen atoms in total. The van der Waals surface area contributed by atoms with E-state index in [9.17, 15) is 0 Å². The van der Waals surface area contributed by atoms with Gasteiger partial charge in [-0.05, 0) is 53.7 Å². The SMILES string of the molecule is C[C@@]12CCc3c(C4CC4)cccc3[C@@H]1CNC2. The molecule has 1 saturated heterocycles. The second-order valence-corrected chi connectivity index (χ2v) is 6.53. The fourth-order valence-corrected chi connectivity index (χ4v) is 4.05. The first-order chi connectivity index (χ1) is 8.28. The minimum atomic E-state index is 0.523. The molecule has 90 valence electrons. The number of rotatable bonds is 1. The van der Waals surface area contributed by atoms with Crippen molar-refractivity contribution >= 4 is 0 Å². The van der Waals surface area contributed by atoms with Gasteiger partial charge in [0.15, 0.2) is 0 Å². The molecule has 0 bridgehead atoms. The van der Waals surface area contributed by atoms with E-state index in [0.717, 1.165) is 11.8 Å². The Bertz CT molecular complexity index is 461. The van der Waals surface area contributed by atoms with Gasteiger partial charge in [-0.3, -0.25) is 0 Å². The fourth-order valence-electron chi connectivity index (χ4n) is 4.05. The highest BCUT2D eigenvalue weighted by Gasteiger charge is 2.44. The summed E-state index contributed by atoms with van der Waals surface area (Å²) in [5.74, 6) is 1.67. The van der Waals surface area contributed by atoms with Crippen LogP contribution in [-0.4, -0.2) is 13.1 Å². The third-order valence-corrected chi connectivity index (χ3v) is 5.31. The zero-order chi connectivity index (χ0) is 11.5. The number of fused-ring (bicyclic) bond motifs is 3. The maximum absolute atomic E-state index is 3.61. The first-order valence-corrected chi connectivity index (χ1v) is 7.10. The topological polar surface area (TPSA) is 12.0 Å². The molecule has 2 fully saturated rings. The van der Waals surface area contributed by atoms with Gasteiger partial charge < -0.3 is 5.32 Å². The average Bonchev–Trinajstić information content (AvgIpc) is 3.10. The van der Waals surface area contributed by atoms with Crippen LogP contribution in [0.2, 0.25) is 0 Å². The van der Waals surface area contributed by atoms with Crippen LogP contribution in [0, 0.1) is 5.41 Å². The zero-order valence-electron chi connectivity index (χ0n) is 10.6. The van der Waals surface area contributed by atoms with E-state index >= 15 is 0 Å². The molecular formula is C16H21N. The van der Waals surface area contributed by atoms with E-state index in [0.29, 0.717) is 5.41 Å². The smallest absolute Gasteiger partial charge is 0.00323 e. The van der Waals surface area contributed by atoms with Gasteiger partial charge in [-0.1, -0.05) is 25.1 Å². The summed E-state index contributed by atoms with van der Waals surface area (Å²) in [5.41, 5.74) is 5.61. The average molecular weight is 227 g/mol. The maximum atomic E-state index is 3.61. The summed E-state index contributed by atoms with van der Waals surface area (Å²) in [5, 5.41) is 3.61. The van der Waals surface area contributed by atoms with Crippen molar-refractivity contribution in [2.75, 3.05) is 13.1 Å². The lowest BCUT2D eigenvalue weighted by Crippen LogP contribution is -2.30. The summed E-state index contributed by atoms with van der Waals surface area (Å²) in [6.07, 6.45) is 5.55. The van der Waals surface area contributed by atoms with E-state index in [4.69, 9.17) is 0 Å². The molecule has 17 heavy (non-hydrogen) atoms. The van der Waals surface area contributed by atoms with Crippen LogP contribution in [0.25, 0.3) is 0 Å². The molecule has 1 heterocycles. The van der Waals surface area contributed by atoms with Gasteiger partial charge >= 0.3 is 0 Å². The van der Waals surface area contributed by atoms with Crippen LogP contribution in [0.3, 0.4) is 0 Å². The molecule has 3 aliphatic rings. The molecular weight excluding hydrogens is 206 g/mol. The van der Waals surface area contributed by atoms with Crippen molar-refractivity contribution in [1.82, 2.24) is 5.32 Å². The Morgan fingerprint density at radius 2 is 2.06 bits per heavy atom. The second-order valence-electron chi connectivity index (χ2n) is 6.53. The molecule has 2 atom stereocenters. The van der Waals surface area contributed by atoms with Crippen molar-refractivity contribution in [3.8, 4) is 0 Å².